The van der Waals surface area contributed by atoms with Gasteiger partial charge < -0.3 is 79.5 Å². The molecule has 0 spiro atoms. The van der Waals surface area contributed by atoms with Crippen LogP contribution in [0.25, 0.3) is 12.2 Å². The molecule has 3 heterocycles. The third kappa shape index (κ3) is 8.33. The quantitative estimate of drug-likeness (QED) is 0.0705. The molecule has 11 N–H and O–H groups in total. The van der Waals surface area contributed by atoms with E-state index in [-0.39, 0.29) is 40.1 Å². The molecule has 0 aliphatic carbocycles. The molecule has 11 atom stereocenters. The maximum atomic E-state index is 12.4. The Morgan fingerprint density at radius 3 is 1.94 bits per heavy atom. The monoisotopic (exact) mass is 743 g/mol. The van der Waals surface area contributed by atoms with Gasteiger partial charge in [-0.3, -0.25) is 0 Å². The summed E-state index contributed by atoms with van der Waals surface area (Å²) < 4.78 is 33.1. The Morgan fingerprint density at radius 1 is 0.717 bits per heavy atom. The van der Waals surface area contributed by atoms with Crippen molar-refractivity contribution in [1.29, 1.82) is 0 Å². The topological polar surface area (TPSA) is 278 Å². The van der Waals surface area contributed by atoms with E-state index in [9.17, 15) is 55.9 Å². The summed E-state index contributed by atoms with van der Waals surface area (Å²) in [5.74, 6) is -1.20. The van der Waals surface area contributed by atoms with Crippen molar-refractivity contribution in [2.45, 2.75) is 67.5 Å². The second kappa shape index (κ2) is 16.0. The zero-order valence-corrected chi connectivity index (χ0v) is 27.6. The van der Waals surface area contributed by atoms with E-state index >= 15 is 0 Å². The third-order valence-corrected chi connectivity index (χ3v) is 8.85. The maximum Gasteiger partial charge on any atom is 0.330 e. The number of phenols is 3. The Kier molecular flexibility index (Phi) is 11.4. The van der Waals surface area contributed by atoms with Crippen molar-refractivity contribution in [3.05, 3.63) is 89.2 Å². The van der Waals surface area contributed by atoms with Gasteiger partial charge in [-0.2, -0.15) is 0 Å². The van der Waals surface area contributed by atoms with Crippen LogP contribution in [0.15, 0.2) is 72.5 Å². The van der Waals surface area contributed by atoms with Crippen molar-refractivity contribution in [3.8, 4) is 28.7 Å². The fourth-order valence-corrected chi connectivity index (χ4v) is 5.90. The molecule has 0 radical (unpaired) electrons. The van der Waals surface area contributed by atoms with Crippen molar-refractivity contribution < 1.29 is 84.3 Å². The summed E-state index contributed by atoms with van der Waals surface area (Å²) in [5.41, 5.74) is 1.19. The lowest BCUT2D eigenvalue weighted by Gasteiger charge is -2.41. The zero-order chi connectivity index (χ0) is 38.0. The number of ether oxygens (including phenoxy) is 6. The van der Waals surface area contributed by atoms with Crippen molar-refractivity contribution in [3.63, 3.8) is 0 Å². The standard InChI is InChI=1S/C36H38O17/c37-14-25-28(42)30(44)32(46)35(52-25)50-23-12-20(40)11-22-21(23)13-24(34(49-22)17-4-8-19(39)9-5-17)51-36-33(47)31(45)29(43)26(53-36)15-48-27(41)10-3-16-1-6-18(38)7-2-16/h1-13,25-26,28-40,42-47H,14-15H2/p+1. The van der Waals surface area contributed by atoms with Crippen molar-refractivity contribution in [2.75, 3.05) is 13.2 Å². The molecule has 3 aromatic carbocycles. The number of fused-ring (bicyclic) bond motifs is 1. The van der Waals surface area contributed by atoms with E-state index in [0.717, 1.165) is 12.1 Å². The SMILES string of the molecule is O=C(C=Cc1ccc(O)cc1)OCC1OC(OC2=Cc3c(OC4OC(CO)C(O)C(O)C4O)cc(O)cc3[OH+]C2c2ccc(O)cc2)C(O)C(O)C1O. The van der Waals surface area contributed by atoms with Crippen molar-refractivity contribution in [2.24, 2.45) is 0 Å². The van der Waals surface area contributed by atoms with E-state index in [1.807, 2.05) is 0 Å². The molecule has 3 aliphatic rings. The molecule has 17 heteroatoms. The highest BCUT2D eigenvalue weighted by Gasteiger charge is 2.48. The summed E-state index contributed by atoms with van der Waals surface area (Å²) >= 11 is 0. The van der Waals surface area contributed by atoms with Gasteiger partial charge in [0.05, 0.1) is 18.2 Å². The lowest BCUT2D eigenvalue weighted by Crippen LogP contribution is -2.60. The van der Waals surface area contributed by atoms with Crippen LogP contribution in [0, 0.1) is 0 Å². The van der Waals surface area contributed by atoms with Gasteiger partial charge in [-0.1, -0.05) is 12.1 Å². The summed E-state index contributed by atoms with van der Waals surface area (Å²) in [6.45, 7) is -1.28. The van der Waals surface area contributed by atoms with Gasteiger partial charge in [0, 0.05) is 18.2 Å². The minimum absolute atomic E-state index is 0.0345. The summed E-state index contributed by atoms with van der Waals surface area (Å²) in [6.07, 6.45) is -13.6. The Hall–Kier alpha value is -4.95. The number of benzene rings is 3. The first-order chi connectivity index (χ1) is 25.3. The predicted molar refractivity (Wildman–Crippen MR) is 179 cm³/mol. The Morgan fingerprint density at radius 2 is 1.30 bits per heavy atom. The van der Waals surface area contributed by atoms with Gasteiger partial charge in [0.2, 0.25) is 12.6 Å². The Labute approximate surface area is 301 Å². The molecule has 0 saturated carbocycles. The second-order valence-electron chi connectivity index (χ2n) is 12.5. The first-order valence-corrected chi connectivity index (χ1v) is 16.4. The first-order valence-electron chi connectivity index (χ1n) is 16.4. The van der Waals surface area contributed by atoms with Gasteiger partial charge >= 0.3 is 5.97 Å². The fraction of sp³-hybridized carbons (Fsp3) is 0.361. The smallest absolute Gasteiger partial charge is 0.330 e. The van der Waals surface area contributed by atoms with Crippen LogP contribution in [0.3, 0.4) is 0 Å². The van der Waals surface area contributed by atoms with E-state index in [0.29, 0.717) is 11.1 Å². The highest BCUT2D eigenvalue weighted by molar-refractivity contribution is 5.87. The molecule has 53 heavy (non-hydrogen) atoms. The van der Waals surface area contributed by atoms with Crippen LogP contribution in [0.5, 0.6) is 28.7 Å². The Bertz CT molecular complexity index is 1790. The fourth-order valence-electron chi connectivity index (χ4n) is 5.90. The molecule has 6 rings (SSSR count). The largest absolute Gasteiger partial charge is 0.571 e. The van der Waals surface area contributed by atoms with Gasteiger partial charge in [0.1, 0.15) is 84.0 Å². The van der Waals surface area contributed by atoms with E-state index in [1.54, 1.807) is 12.1 Å². The average molecular weight is 744 g/mol. The third-order valence-electron chi connectivity index (χ3n) is 8.85. The molecule has 2 saturated heterocycles. The molecule has 17 nitrogen and oxygen atoms in total. The van der Waals surface area contributed by atoms with Gasteiger partial charge in [-0.05, 0) is 48.0 Å². The highest BCUT2D eigenvalue weighted by atomic mass is 16.7. The highest BCUT2D eigenvalue weighted by Crippen LogP contribution is 2.46. The van der Waals surface area contributed by atoms with Crippen LogP contribution in [0.4, 0.5) is 0 Å². The number of hydrogen-bond acceptors (Lipinski definition) is 16. The molecule has 2 fully saturated rings. The predicted octanol–water partition coefficient (Wildman–Crippen LogP) is -0.600. The number of aliphatic hydroxyl groups is 8. The van der Waals surface area contributed by atoms with Crippen LogP contribution >= 0.6 is 0 Å². The van der Waals surface area contributed by atoms with Crippen LogP contribution in [0.2, 0.25) is 0 Å². The summed E-state index contributed by atoms with van der Waals surface area (Å²) in [4.78, 5) is 12.4. The number of hydrogen-bond donors (Lipinski definition) is 10. The number of aliphatic hydroxyl groups excluding tert-OH is 7. The minimum atomic E-state index is -1.83. The minimum Gasteiger partial charge on any atom is -0.571 e. The number of esters is 1. The number of aromatic hydroxyl groups is 4. The Balaban J connectivity index is 1.26. The van der Waals surface area contributed by atoms with Crippen LogP contribution in [-0.4, -0.2) is 136 Å². The van der Waals surface area contributed by atoms with Crippen molar-refractivity contribution >= 4 is 18.1 Å². The average Bonchev–Trinajstić information content (AvgIpc) is 3.14. The zero-order valence-electron chi connectivity index (χ0n) is 27.6. The van der Waals surface area contributed by atoms with Gasteiger partial charge in [-0.25, -0.2) is 4.79 Å². The van der Waals surface area contributed by atoms with Gasteiger partial charge in [0.15, 0.2) is 5.76 Å². The van der Waals surface area contributed by atoms with Gasteiger partial charge in [0.25, 0.3) is 11.9 Å². The number of phenolic OH excluding ortho intramolecular Hbond substituents is 3. The van der Waals surface area contributed by atoms with E-state index < -0.39 is 86.7 Å². The summed E-state index contributed by atoms with van der Waals surface area (Å²) in [7, 11) is 0. The molecule has 284 valence electrons. The number of carbonyl (C=O) groups excluding carboxylic acids is 1. The first kappa shape index (κ1) is 37.8. The van der Waals surface area contributed by atoms with Crippen LogP contribution in [-0.2, 0) is 23.7 Å². The lowest BCUT2D eigenvalue weighted by molar-refractivity contribution is -0.296. The molecule has 3 aliphatic heterocycles. The lowest BCUT2D eigenvalue weighted by atomic mass is 9.98. The normalized spacial score (nSPS) is 31.2. The van der Waals surface area contributed by atoms with Crippen LogP contribution in [0.1, 0.15) is 22.8 Å². The molecule has 11 unspecified atom stereocenters. The molecular weight excluding hydrogens is 704 g/mol. The van der Waals surface area contributed by atoms with Crippen molar-refractivity contribution in [1.82, 2.24) is 0 Å². The number of carbonyl (C=O) groups is 1. The van der Waals surface area contributed by atoms with Crippen LogP contribution < -0.4 is 4.74 Å². The summed E-state index contributed by atoms with van der Waals surface area (Å²) in [5, 5.41) is 103. The summed E-state index contributed by atoms with van der Waals surface area (Å²) in [6, 6.07) is 14.3. The molecule has 0 amide bonds. The maximum absolute atomic E-state index is 12.4. The molecule has 0 bridgehead atoms. The van der Waals surface area contributed by atoms with E-state index in [2.05, 4.69) is 4.74 Å². The molecule has 0 aromatic heterocycles. The molecule has 3 aromatic rings. The van der Waals surface area contributed by atoms with E-state index in [4.69, 9.17) is 23.7 Å². The molecular formula is C36H39O17+. The number of rotatable bonds is 10. The second-order valence-corrected chi connectivity index (χ2v) is 12.5. The van der Waals surface area contributed by atoms with E-state index in [1.165, 1.54) is 54.6 Å². The van der Waals surface area contributed by atoms with Gasteiger partial charge in [-0.15, -0.1) is 0 Å².